The highest BCUT2D eigenvalue weighted by atomic mass is 79.9. The van der Waals surface area contributed by atoms with Crippen LogP contribution in [0, 0.1) is 0 Å². The van der Waals surface area contributed by atoms with Crippen molar-refractivity contribution >= 4 is 21.9 Å². The molecule has 3 nitrogen and oxygen atoms in total. The molecule has 0 saturated carbocycles. The van der Waals surface area contributed by atoms with Crippen molar-refractivity contribution in [3.8, 4) is 0 Å². The van der Waals surface area contributed by atoms with Gasteiger partial charge in [0.2, 0.25) is 0 Å². The monoisotopic (exact) mass is 319 g/mol. The van der Waals surface area contributed by atoms with Crippen molar-refractivity contribution < 1.29 is 9.90 Å². The first-order valence-electron chi connectivity index (χ1n) is 6.01. The molecule has 1 heterocycles. The van der Waals surface area contributed by atoms with Gasteiger partial charge in [-0.15, -0.1) is 0 Å². The molecule has 1 N–H and O–H groups in total. The van der Waals surface area contributed by atoms with Crippen molar-refractivity contribution in [3.05, 3.63) is 64.4 Å². The zero-order valence-electron chi connectivity index (χ0n) is 10.3. The Morgan fingerprint density at radius 2 is 1.79 bits per heavy atom. The van der Waals surface area contributed by atoms with Gasteiger partial charge in [0.15, 0.2) is 0 Å². The van der Waals surface area contributed by atoms with Gasteiger partial charge in [-0.3, -0.25) is 9.78 Å². The first-order valence-corrected chi connectivity index (χ1v) is 6.80. The van der Waals surface area contributed by atoms with Crippen molar-refractivity contribution in [2.24, 2.45) is 0 Å². The van der Waals surface area contributed by atoms with Crippen LogP contribution >= 0.6 is 15.9 Å². The van der Waals surface area contributed by atoms with Crippen LogP contribution in [0.3, 0.4) is 0 Å². The predicted molar refractivity (Wildman–Crippen MR) is 77.1 cm³/mol. The number of rotatable bonds is 5. The second kappa shape index (κ2) is 6.48. The second-order valence-electron chi connectivity index (χ2n) is 4.41. The summed E-state index contributed by atoms with van der Waals surface area (Å²) in [6.45, 7) is 0. The van der Waals surface area contributed by atoms with Crippen LogP contribution in [0.5, 0.6) is 0 Å². The summed E-state index contributed by atoms with van der Waals surface area (Å²) < 4.78 is 0.995. The minimum Gasteiger partial charge on any atom is -0.481 e. The van der Waals surface area contributed by atoms with E-state index in [4.69, 9.17) is 5.11 Å². The number of hydrogen-bond acceptors (Lipinski definition) is 2. The highest BCUT2D eigenvalue weighted by molar-refractivity contribution is 9.10. The fourth-order valence-electron chi connectivity index (χ4n) is 2.06. The maximum atomic E-state index is 11.0. The molecular formula is C15H14BrNO2. The lowest BCUT2D eigenvalue weighted by Gasteiger charge is -2.15. The van der Waals surface area contributed by atoms with Gasteiger partial charge in [-0.25, -0.2) is 0 Å². The van der Waals surface area contributed by atoms with E-state index >= 15 is 0 Å². The average molecular weight is 320 g/mol. The number of aromatic nitrogens is 1. The summed E-state index contributed by atoms with van der Waals surface area (Å²) in [5.41, 5.74) is 2.14. The number of benzene rings is 1. The molecule has 1 unspecified atom stereocenters. The van der Waals surface area contributed by atoms with Crippen molar-refractivity contribution in [1.29, 1.82) is 0 Å². The molecule has 1 aromatic heterocycles. The van der Waals surface area contributed by atoms with Crippen LogP contribution < -0.4 is 0 Å². The van der Waals surface area contributed by atoms with E-state index in [1.54, 1.807) is 12.4 Å². The molecule has 0 aliphatic carbocycles. The van der Waals surface area contributed by atoms with Gasteiger partial charge in [0.05, 0.1) is 6.42 Å². The maximum Gasteiger partial charge on any atom is 0.303 e. The van der Waals surface area contributed by atoms with Gasteiger partial charge in [-0.1, -0.05) is 28.1 Å². The highest BCUT2D eigenvalue weighted by Crippen LogP contribution is 2.25. The van der Waals surface area contributed by atoms with Crippen LogP contribution in [0.25, 0.3) is 0 Å². The number of carbonyl (C=O) groups is 1. The fraction of sp³-hybridized carbons (Fsp3) is 0.200. The Labute approximate surface area is 120 Å². The molecule has 0 bridgehead atoms. The first kappa shape index (κ1) is 13.7. The molecule has 0 aliphatic rings. The number of carboxylic acids is 1. The lowest BCUT2D eigenvalue weighted by Crippen LogP contribution is -2.09. The van der Waals surface area contributed by atoms with Gasteiger partial charge in [-0.05, 0) is 47.7 Å². The van der Waals surface area contributed by atoms with E-state index in [0.29, 0.717) is 6.42 Å². The van der Waals surface area contributed by atoms with Gasteiger partial charge in [0, 0.05) is 16.9 Å². The molecule has 0 saturated heterocycles. The molecule has 2 aromatic rings. The third-order valence-corrected chi connectivity index (χ3v) is 3.52. The van der Waals surface area contributed by atoms with Gasteiger partial charge in [0.1, 0.15) is 0 Å². The lowest BCUT2D eigenvalue weighted by molar-refractivity contribution is -0.137. The topological polar surface area (TPSA) is 50.2 Å². The van der Waals surface area contributed by atoms with Crippen molar-refractivity contribution in [1.82, 2.24) is 4.98 Å². The third-order valence-electron chi connectivity index (χ3n) is 2.99. The van der Waals surface area contributed by atoms with Gasteiger partial charge >= 0.3 is 5.97 Å². The standard InChI is InChI=1S/C15H14BrNO2/c16-14-3-1-12(2-4-14)13(10-15(18)19)9-11-5-7-17-8-6-11/h1-8,13H,9-10H2,(H,18,19). The van der Waals surface area contributed by atoms with E-state index in [0.717, 1.165) is 15.6 Å². The van der Waals surface area contributed by atoms with E-state index in [9.17, 15) is 4.79 Å². The minimum atomic E-state index is -0.776. The Bertz CT molecular complexity index is 540. The molecule has 1 aromatic carbocycles. The Balaban J connectivity index is 2.20. The van der Waals surface area contributed by atoms with Crippen LogP contribution in [-0.4, -0.2) is 16.1 Å². The van der Waals surface area contributed by atoms with Crippen LogP contribution in [0.2, 0.25) is 0 Å². The Hall–Kier alpha value is -1.68. The summed E-state index contributed by atoms with van der Waals surface area (Å²) in [6, 6.07) is 11.7. The number of halogens is 1. The van der Waals surface area contributed by atoms with Crippen LogP contribution in [-0.2, 0) is 11.2 Å². The summed E-state index contributed by atoms with van der Waals surface area (Å²) >= 11 is 3.39. The van der Waals surface area contributed by atoms with Gasteiger partial charge in [0.25, 0.3) is 0 Å². The van der Waals surface area contributed by atoms with E-state index in [1.807, 2.05) is 36.4 Å². The van der Waals surface area contributed by atoms with E-state index in [1.165, 1.54) is 0 Å². The number of carboxylic acid groups (broad SMARTS) is 1. The smallest absolute Gasteiger partial charge is 0.303 e. The predicted octanol–water partition coefficient (Wildman–Crippen LogP) is 3.65. The second-order valence-corrected chi connectivity index (χ2v) is 5.32. The van der Waals surface area contributed by atoms with E-state index in [-0.39, 0.29) is 12.3 Å². The summed E-state index contributed by atoms with van der Waals surface area (Å²) in [7, 11) is 0. The normalized spacial score (nSPS) is 12.1. The molecule has 0 aliphatic heterocycles. The largest absolute Gasteiger partial charge is 0.481 e. The third kappa shape index (κ3) is 4.17. The lowest BCUT2D eigenvalue weighted by atomic mass is 9.90. The highest BCUT2D eigenvalue weighted by Gasteiger charge is 2.16. The molecule has 4 heteroatoms. The quantitative estimate of drug-likeness (QED) is 0.915. The molecule has 98 valence electrons. The minimum absolute atomic E-state index is 0.0204. The molecule has 0 radical (unpaired) electrons. The van der Waals surface area contributed by atoms with Crippen molar-refractivity contribution in [3.63, 3.8) is 0 Å². The molecule has 0 spiro atoms. The SMILES string of the molecule is O=C(O)CC(Cc1ccncc1)c1ccc(Br)cc1. The Kier molecular flexibility index (Phi) is 4.68. The first-order chi connectivity index (χ1) is 9.15. The molecule has 2 rings (SSSR count). The summed E-state index contributed by atoms with van der Waals surface area (Å²) in [5.74, 6) is -0.796. The summed E-state index contributed by atoms with van der Waals surface area (Å²) in [5, 5.41) is 9.06. The number of aliphatic carboxylic acids is 1. The number of nitrogens with zero attached hydrogens (tertiary/aromatic N) is 1. The Morgan fingerprint density at radius 3 is 2.37 bits per heavy atom. The van der Waals surface area contributed by atoms with Crippen LogP contribution in [0.15, 0.2) is 53.3 Å². The van der Waals surface area contributed by atoms with Crippen LogP contribution in [0.1, 0.15) is 23.5 Å². The fourth-order valence-corrected chi connectivity index (χ4v) is 2.32. The Morgan fingerprint density at radius 1 is 1.16 bits per heavy atom. The molecular weight excluding hydrogens is 306 g/mol. The van der Waals surface area contributed by atoms with E-state index < -0.39 is 5.97 Å². The van der Waals surface area contributed by atoms with Crippen molar-refractivity contribution in [2.45, 2.75) is 18.8 Å². The molecule has 0 amide bonds. The van der Waals surface area contributed by atoms with Gasteiger partial charge in [-0.2, -0.15) is 0 Å². The van der Waals surface area contributed by atoms with Gasteiger partial charge < -0.3 is 5.11 Å². The summed E-state index contributed by atoms with van der Waals surface area (Å²) in [4.78, 5) is 15.0. The molecule has 19 heavy (non-hydrogen) atoms. The molecule has 1 atom stereocenters. The zero-order chi connectivity index (χ0) is 13.7. The maximum absolute atomic E-state index is 11.0. The van der Waals surface area contributed by atoms with E-state index in [2.05, 4.69) is 20.9 Å². The van der Waals surface area contributed by atoms with Crippen LogP contribution in [0.4, 0.5) is 0 Å². The number of hydrogen-bond donors (Lipinski definition) is 1. The number of pyridine rings is 1. The molecule has 0 fully saturated rings. The zero-order valence-corrected chi connectivity index (χ0v) is 11.9. The average Bonchev–Trinajstić information content (AvgIpc) is 2.39. The summed E-state index contributed by atoms with van der Waals surface area (Å²) in [6.07, 6.45) is 4.30. The van der Waals surface area contributed by atoms with Crippen molar-refractivity contribution in [2.75, 3.05) is 0 Å².